The van der Waals surface area contributed by atoms with Crippen LogP contribution in [0, 0.1) is 0 Å². The number of rotatable bonds is 3. The van der Waals surface area contributed by atoms with Gasteiger partial charge in [-0.3, -0.25) is 4.79 Å². The van der Waals surface area contributed by atoms with Crippen LogP contribution < -0.4 is 0 Å². The number of carbonyl (C=O) groups is 1. The van der Waals surface area contributed by atoms with Crippen LogP contribution in [0.25, 0.3) is 0 Å². The number of benzene rings is 1. The lowest BCUT2D eigenvalue weighted by molar-refractivity contribution is -0.129. The number of sulfonamides is 1. The first kappa shape index (κ1) is 18.1. The van der Waals surface area contributed by atoms with Gasteiger partial charge in [-0.2, -0.15) is 4.31 Å². The second-order valence-electron chi connectivity index (χ2n) is 6.98. The lowest BCUT2D eigenvalue weighted by atomic mass is 10.1. The van der Waals surface area contributed by atoms with Gasteiger partial charge in [0.2, 0.25) is 15.9 Å². The van der Waals surface area contributed by atoms with E-state index in [1.165, 1.54) is 4.31 Å². The Hall–Kier alpha value is -2.32. The van der Waals surface area contributed by atoms with Gasteiger partial charge in [-0.25, -0.2) is 18.4 Å². The summed E-state index contributed by atoms with van der Waals surface area (Å²) in [6, 6.07) is 8.16. The lowest BCUT2D eigenvalue weighted by Crippen LogP contribution is -2.36. The van der Waals surface area contributed by atoms with Crippen molar-refractivity contribution in [1.82, 2.24) is 19.2 Å². The van der Waals surface area contributed by atoms with Gasteiger partial charge in [0.25, 0.3) is 0 Å². The molecular weight excluding hydrogens is 364 g/mol. The molecular formula is C19H22N4O3S. The Kier molecular flexibility index (Phi) is 4.69. The molecule has 1 saturated heterocycles. The smallest absolute Gasteiger partial charge is 0.243 e. The molecule has 2 aromatic rings. The zero-order valence-corrected chi connectivity index (χ0v) is 16.0. The van der Waals surface area contributed by atoms with Crippen LogP contribution in [0.4, 0.5) is 0 Å². The maximum atomic E-state index is 13.1. The summed E-state index contributed by atoms with van der Waals surface area (Å²) in [6.45, 7) is 3.18. The molecule has 1 fully saturated rings. The van der Waals surface area contributed by atoms with E-state index in [4.69, 9.17) is 4.98 Å². The molecule has 4 rings (SSSR count). The van der Waals surface area contributed by atoms with Crippen LogP contribution in [0.3, 0.4) is 0 Å². The third kappa shape index (κ3) is 3.35. The molecule has 2 aliphatic rings. The van der Waals surface area contributed by atoms with Gasteiger partial charge in [0.15, 0.2) is 0 Å². The maximum absolute atomic E-state index is 13.1. The summed E-state index contributed by atoms with van der Waals surface area (Å²) in [5.74, 6) is 0.600. The molecule has 1 aromatic carbocycles. The summed E-state index contributed by atoms with van der Waals surface area (Å²) < 4.78 is 27.6. The Morgan fingerprint density at radius 3 is 2.70 bits per heavy atom. The van der Waals surface area contributed by atoms with Gasteiger partial charge in [-0.05, 0) is 25.0 Å². The van der Waals surface area contributed by atoms with Gasteiger partial charge in [-0.15, -0.1) is 0 Å². The molecule has 3 heterocycles. The molecule has 1 aromatic heterocycles. The molecule has 2 aliphatic heterocycles. The van der Waals surface area contributed by atoms with Crippen LogP contribution in [0.15, 0.2) is 41.4 Å². The lowest BCUT2D eigenvalue weighted by Gasteiger charge is -2.28. The van der Waals surface area contributed by atoms with Gasteiger partial charge < -0.3 is 4.90 Å². The van der Waals surface area contributed by atoms with Crippen LogP contribution in [-0.4, -0.2) is 46.6 Å². The number of hydrogen-bond donors (Lipinski definition) is 0. The van der Waals surface area contributed by atoms with Crippen LogP contribution >= 0.6 is 0 Å². The van der Waals surface area contributed by atoms with Gasteiger partial charge in [0, 0.05) is 44.7 Å². The van der Waals surface area contributed by atoms with Crippen molar-refractivity contribution >= 4 is 15.9 Å². The Bertz CT molecular complexity index is 962. The summed E-state index contributed by atoms with van der Waals surface area (Å²) in [7, 11) is -3.58. The van der Waals surface area contributed by atoms with Crippen molar-refractivity contribution in [3.05, 3.63) is 53.6 Å². The molecule has 0 aliphatic carbocycles. The molecule has 0 unspecified atom stereocenters. The first-order valence-electron chi connectivity index (χ1n) is 9.14. The first-order valence-corrected chi connectivity index (χ1v) is 10.6. The highest BCUT2D eigenvalue weighted by molar-refractivity contribution is 7.89. The summed E-state index contributed by atoms with van der Waals surface area (Å²) >= 11 is 0. The fourth-order valence-electron chi connectivity index (χ4n) is 3.77. The average molecular weight is 386 g/mol. The quantitative estimate of drug-likeness (QED) is 0.805. The topological polar surface area (TPSA) is 83.5 Å². The molecule has 1 amide bonds. The maximum Gasteiger partial charge on any atom is 0.243 e. The minimum Gasteiger partial charge on any atom is -0.338 e. The summed E-state index contributed by atoms with van der Waals surface area (Å²) in [5.41, 5.74) is 1.86. The zero-order chi connectivity index (χ0) is 19.0. The van der Waals surface area contributed by atoms with Crippen LogP contribution in [-0.2, 0) is 27.8 Å². The summed E-state index contributed by atoms with van der Waals surface area (Å²) in [6.07, 6.45) is 3.92. The van der Waals surface area contributed by atoms with Gasteiger partial charge in [-0.1, -0.05) is 18.2 Å². The van der Waals surface area contributed by atoms with Crippen molar-refractivity contribution in [2.45, 2.75) is 43.7 Å². The molecule has 7 nitrogen and oxygen atoms in total. The minimum absolute atomic E-state index is 0.0423. The Labute approximate surface area is 159 Å². The van der Waals surface area contributed by atoms with Crippen LogP contribution in [0.5, 0.6) is 0 Å². The molecule has 0 N–H and O–H groups in total. The van der Waals surface area contributed by atoms with Crippen molar-refractivity contribution in [3.63, 3.8) is 0 Å². The van der Waals surface area contributed by atoms with E-state index in [0.717, 1.165) is 17.7 Å². The minimum atomic E-state index is -3.58. The Morgan fingerprint density at radius 1 is 1.19 bits per heavy atom. The fourth-order valence-corrected chi connectivity index (χ4v) is 5.45. The average Bonchev–Trinajstić information content (AvgIpc) is 3.18. The zero-order valence-electron chi connectivity index (χ0n) is 15.2. The van der Waals surface area contributed by atoms with Gasteiger partial charge in [0.05, 0.1) is 16.6 Å². The highest BCUT2D eigenvalue weighted by Crippen LogP contribution is 2.35. The number of nitrogens with zero attached hydrogens (tertiary/aromatic N) is 4. The Morgan fingerprint density at radius 2 is 1.96 bits per heavy atom. The van der Waals surface area contributed by atoms with Gasteiger partial charge >= 0.3 is 0 Å². The van der Waals surface area contributed by atoms with Crippen molar-refractivity contribution in [2.75, 3.05) is 13.1 Å². The predicted molar refractivity (Wildman–Crippen MR) is 99.1 cm³/mol. The van der Waals surface area contributed by atoms with E-state index < -0.39 is 10.0 Å². The predicted octanol–water partition coefficient (Wildman–Crippen LogP) is 1.91. The fraction of sp³-hybridized carbons (Fsp3) is 0.421. The van der Waals surface area contributed by atoms with Crippen molar-refractivity contribution < 1.29 is 13.2 Å². The first-order chi connectivity index (χ1) is 13.0. The van der Waals surface area contributed by atoms with E-state index in [9.17, 15) is 13.2 Å². The second-order valence-corrected chi connectivity index (χ2v) is 8.87. The number of hydrogen-bond acceptors (Lipinski definition) is 5. The van der Waals surface area contributed by atoms with Gasteiger partial charge in [0.1, 0.15) is 5.82 Å². The van der Waals surface area contributed by atoms with Crippen LogP contribution in [0.2, 0.25) is 0 Å². The Balaban J connectivity index is 1.63. The largest absolute Gasteiger partial charge is 0.338 e. The number of aromatic nitrogens is 2. The van der Waals surface area contributed by atoms with E-state index in [2.05, 4.69) is 4.98 Å². The van der Waals surface area contributed by atoms with E-state index in [-0.39, 0.29) is 11.9 Å². The summed E-state index contributed by atoms with van der Waals surface area (Å²) in [4.78, 5) is 22.8. The number of fused-ring (bicyclic) bond motifs is 1. The molecule has 0 bridgehead atoms. The highest BCUT2D eigenvalue weighted by atomic mass is 32.2. The summed E-state index contributed by atoms with van der Waals surface area (Å²) in [5, 5.41) is 0. The van der Waals surface area contributed by atoms with E-state index in [1.54, 1.807) is 48.4 Å². The second kappa shape index (κ2) is 7.01. The van der Waals surface area contributed by atoms with Crippen molar-refractivity contribution in [3.8, 4) is 0 Å². The monoisotopic (exact) mass is 386 g/mol. The molecule has 27 heavy (non-hydrogen) atoms. The molecule has 1 atom stereocenters. The molecule has 0 saturated carbocycles. The molecule has 0 radical (unpaired) electrons. The SMILES string of the molecule is CC(=O)N1CCc2nc([C@H]3CCCN3S(=O)(=O)c3ccccc3)ncc2C1. The molecule has 0 spiro atoms. The standard InChI is InChI=1S/C19H22N4O3S/c1-14(24)22-11-9-17-15(13-22)12-20-19(21-17)18-8-5-10-23(18)27(25,26)16-6-3-2-4-7-16/h2-4,6-7,12,18H,5,8-11,13H2,1H3/t18-/m1/s1. The number of carbonyl (C=O) groups excluding carboxylic acids is 1. The molecule has 142 valence electrons. The van der Waals surface area contributed by atoms with E-state index >= 15 is 0 Å². The highest BCUT2D eigenvalue weighted by Gasteiger charge is 2.38. The van der Waals surface area contributed by atoms with E-state index in [0.29, 0.717) is 43.2 Å². The third-order valence-electron chi connectivity index (χ3n) is 5.25. The number of amides is 1. The van der Waals surface area contributed by atoms with Crippen molar-refractivity contribution in [1.29, 1.82) is 0 Å². The normalized spacial score (nSPS) is 20.5. The van der Waals surface area contributed by atoms with E-state index in [1.807, 2.05) is 0 Å². The van der Waals surface area contributed by atoms with Crippen LogP contribution in [0.1, 0.15) is 42.9 Å². The third-order valence-corrected chi connectivity index (χ3v) is 7.17. The molecule has 8 heteroatoms. The van der Waals surface area contributed by atoms with Crippen molar-refractivity contribution in [2.24, 2.45) is 0 Å².